The molecule has 3 nitrogen and oxygen atoms in total. The minimum absolute atomic E-state index is 0.0119. The minimum atomic E-state index is -0.0119. The lowest BCUT2D eigenvalue weighted by atomic mass is 10.0. The Hall–Kier alpha value is -1.35. The van der Waals surface area contributed by atoms with Crippen molar-refractivity contribution in [1.82, 2.24) is 5.32 Å². The molecule has 0 aliphatic carbocycles. The third kappa shape index (κ3) is 3.35. The molecule has 0 saturated heterocycles. The van der Waals surface area contributed by atoms with Crippen molar-refractivity contribution in [2.75, 3.05) is 6.54 Å². The van der Waals surface area contributed by atoms with Gasteiger partial charge in [-0.3, -0.25) is 4.79 Å². The Bertz CT molecular complexity index is 374. The molecule has 1 aromatic carbocycles. The first-order valence-corrected chi connectivity index (χ1v) is 5.62. The van der Waals surface area contributed by atoms with E-state index in [0.717, 1.165) is 23.1 Å². The van der Waals surface area contributed by atoms with Crippen LogP contribution in [0.25, 0.3) is 0 Å². The normalized spacial score (nSPS) is 12.2. The molecule has 0 heterocycles. The van der Waals surface area contributed by atoms with Gasteiger partial charge >= 0.3 is 0 Å². The molecule has 0 aromatic heterocycles. The number of carbonyl (C=O) groups is 1. The highest BCUT2D eigenvalue weighted by atomic mass is 16.1. The van der Waals surface area contributed by atoms with Crippen molar-refractivity contribution in [2.45, 2.75) is 33.2 Å². The first-order chi connectivity index (χ1) is 7.54. The van der Waals surface area contributed by atoms with E-state index in [2.05, 4.69) is 5.32 Å². The summed E-state index contributed by atoms with van der Waals surface area (Å²) >= 11 is 0. The summed E-state index contributed by atoms with van der Waals surface area (Å²) in [4.78, 5) is 12.0. The monoisotopic (exact) mass is 220 g/mol. The van der Waals surface area contributed by atoms with Gasteiger partial charge in [0.1, 0.15) is 0 Å². The number of hydrogen-bond donors (Lipinski definition) is 2. The lowest BCUT2D eigenvalue weighted by Crippen LogP contribution is -2.34. The molecule has 1 amide bonds. The van der Waals surface area contributed by atoms with Crippen molar-refractivity contribution < 1.29 is 4.79 Å². The lowest BCUT2D eigenvalue weighted by molar-refractivity contribution is 0.0938. The smallest absolute Gasteiger partial charge is 0.251 e. The van der Waals surface area contributed by atoms with Crippen molar-refractivity contribution in [3.05, 3.63) is 34.9 Å². The van der Waals surface area contributed by atoms with Gasteiger partial charge < -0.3 is 11.1 Å². The maximum atomic E-state index is 12.0. The molecule has 0 saturated carbocycles. The summed E-state index contributed by atoms with van der Waals surface area (Å²) in [6.45, 7) is 6.49. The van der Waals surface area contributed by atoms with Crippen molar-refractivity contribution in [3.8, 4) is 0 Å². The molecular weight excluding hydrogens is 200 g/mol. The number of aryl methyl sites for hydroxylation is 2. The standard InChI is InChI=1S/C13H20N2O/c1-9-4-5-10(2)12(8-9)13(16)15-11(3)6-7-14/h4-5,8,11H,6-7,14H2,1-3H3,(H,15,16). The molecule has 1 unspecified atom stereocenters. The lowest BCUT2D eigenvalue weighted by Gasteiger charge is -2.14. The maximum Gasteiger partial charge on any atom is 0.251 e. The van der Waals surface area contributed by atoms with E-state index in [1.54, 1.807) is 0 Å². The third-order valence-corrected chi connectivity index (χ3v) is 2.61. The zero-order chi connectivity index (χ0) is 12.1. The van der Waals surface area contributed by atoms with E-state index >= 15 is 0 Å². The zero-order valence-corrected chi connectivity index (χ0v) is 10.2. The predicted octanol–water partition coefficient (Wildman–Crippen LogP) is 1.77. The number of benzene rings is 1. The predicted molar refractivity (Wildman–Crippen MR) is 66.5 cm³/mol. The maximum absolute atomic E-state index is 12.0. The molecule has 0 radical (unpaired) electrons. The summed E-state index contributed by atoms with van der Waals surface area (Å²) in [5.41, 5.74) is 8.30. The zero-order valence-electron chi connectivity index (χ0n) is 10.2. The second-order valence-corrected chi connectivity index (χ2v) is 4.27. The van der Waals surface area contributed by atoms with E-state index in [9.17, 15) is 4.79 Å². The van der Waals surface area contributed by atoms with Crippen LogP contribution in [0.4, 0.5) is 0 Å². The average molecular weight is 220 g/mol. The summed E-state index contributed by atoms with van der Waals surface area (Å²) in [6.07, 6.45) is 0.802. The van der Waals surface area contributed by atoms with Crippen LogP contribution in [0.2, 0.25) is 0 Å². The quantitative estimate of drug-likeness (QED) is 0.812. The molecule has 0 fully saturated rings. The highest BCUT2D eigenvalue weighted by molar-refractivity contribution is 5.95. The van der Waals surface area contributed by atoms with Crippen LogP contribution >= 0.6 is 0 Å². The molecule has 0 spiro atoms. The number of hydrogen-bond acceptors (Lipinski definition) is 2. The van der Waals surface area contributed by atoms with E-state index in [-0.39, 0.29) is 11.9 Å². The summed E-state index contributed by atoms with van der Waals surface area (Å²) in [5, 5.41) is 2.95. The van der Waals surface area contributed by atoms with Crippen LogP contribution in [0, 0.1) is 13.8 Å². The van der Waals surface area contributed by atoms with Crippen molar-refractivity contribution in [3.63, 3.8) is 0 Å². The third-order valence-electron chi connectivity index (χ3n) is 2.61. The number of nitrogens with two attached hydrogens (primary N) is 1. The van der Waals surface area contributed by atoms with E-state index in [1.165, 1.54) is 0 Å². The molecule has 0 bridgehead atoms. The van der Waals surface area contributed by atoms with Gasteiger partial charge in [-0.25, -0.2) is 0 Å². The van der Waals surface area contributed by atoms with Crippen LogP contribution in [0.3, 0.4) is 0 Å². The Morgan fingerprint density at radius 2 is 2.12 bits per heavy atom. The first kappa shape index (κ1) is 12.7. The fourth-order valence-electron chi connectivity index (χ4n) is 1.60. The van der Waals surface area contributed by atoms with Gasteiger partial charge in [0.05, 0.1) is 0 Å². The number of amides is 1. The Labute approximate surface area is 97.0 Å². The van der Waals surface area contributed by atoms with Gasteiger partial charge in [-0.05, 0) is 45.4 Å². The second kappa shape index (κ2) is 5.66. The molecule has 0 aliphatic rings. The van der Waals surface area contributed by atoms with Crippen molar-refractivity contribution in [1.29, 1.82) is 0 Å². The molecule has 3 N–H and O–H groups in total. The van der Waals surface area contributed by atoms with Crippen LogP contribution in [0.1, 0.15) is 34.8 Å². The van der Waals surface area contributed by atoms with E-state index in [0.29, 0.717) is 6.54 Å². The van der Waals surface area contributed by atoms with Gasteiger partial charge in [0.2, 0.25) is 0 Å². The van der Waals surface area contributed by atoms with E-state index in [1.807, 2.05) is 39.0 Å². The number of rotatable bonds is 4. The van der Waals surface area contributed by atoms with Crippen molar-refractivity contribution in [2.24, 2.45) is 5.73 Å². The molecule has 0 aliphatic heterocycles. The fourth-order valence-corrected chi connectivity index (χ4v) is 1.60. The Morgan fingerprint density at radius 3 is 2.75 bits per heavy atom. The summed E-state index contributed by atoms with van der Waals surface area (Å²) in [7, 11) is 0. The minimum Gasteiger partial charge on any atom is -0.350 e. The topological polar surface area (TPSA) is 55.1 Å². The van der Waals surface area contributed by atoms with Crippen molar-refractivity contribution >= 4 is 5.91 Å². The Kier molecular flexibility index (Phi) is 4.50. The molecule has 3 heteroatoms. The summed E-state index contributed by atoms with van der Waals surface area (Å²) < 4.78 is 0. The van der Waals surface area contributed by atoms with Crippen LogP contribution in [-0.2, 0) is 0 Å². The number of nitrogens with one attached hydrogen (secondary N) is 1. The largest absolute Gasteiger partial charge is 0.350 e. The Balaban J connectivity index is 2.76. The molecule has 1 atom stereocenters. The first-order valence-electron chi connectivity index (χ1n) is 5.62. The molecule has 88 valence electrons. The van der Waals surface area contributed by atoms with Crippen LogP contribution in [0.15, 0.2) is 18.2 Å². The van der Waals surface area contributed by atoms with Gasteiger partial charge in [0, 0.05) is 11.6 Å². The highest BCUT2D eigenvalue weighted by Crippen LogP contribution is 2.10. The second-order valence-electron chi connectivity index (χ2n) is 4.27. The molecule has 1 rings (SSSR count). The van der Waals surface area contributed by atoms with Crippen LogP contribution in [0.5, 0.6) is 0 Å². The van der Waals surface area contributed by atoms with E-state index in [4.69, 9.17) is 5.73 Å². The summed E-state index contributed by atoms with van der Waals surface area (Å²) in [6, 6.07) is 6.02. The van der Waals surface area contributed by atoms with E-state index < -0.39 is 0 Å². The average Bonchev–Trinajstić information content (AvgIpc) is 2.21. The fraction of sp³-hybridized carbons (Fsp3) is 0.462. The Morgan fingerprint density at radius 1 is 1.44 bits per heavy atom. The van der Waals surface area contributed by atoms with Gasteiger partial charge in [0.25, 0.3) is 5.91 Å². The van der Waals surface area contributed by atoms with Gasteiger partial charge in [-0.1, -0.05) is 17.7 Å². The molecule has 1 aromatic rings. The number of carbonyl (C=O) groups excluding carboxylic acids is 1. The molecular formula is C13H20N2O. The van der Waals surface area contributed by atoms with Gasteiger partial charge in [-0.15, -0.1) is 0 Å². The van der Waals surface area contributed by atoms with Gasteiger partial charge in [-0.2, -0.15) is 0 Å². The molecule has 16 heavy (non-hydrogen) atoms. The SMILES string of the molecule is Cc1ccc(C)c(C(=O)NC(C)CCN)c1. The van der Waals surface area contributed by atoms with Crippen LogP contribution in [-0.4, -0.2) is 18.5 Å². The summed E-state index contributed by atoms with van der Waals surface area (Å²) in [5.74, 6) is -0.0119. The highest BCUT2D eigenvalue weighted by Gasteiger charge is 2.11. The van der Waals surface area contributed by atoms with Gasteiger partial charge in [0.15, 0.2) is 0 Å². The van der Waals surface area contributed by atoms with Crippen LogP contribution < -0.4 is 11.1 Å².